The summed E-state index contributed by atoms with van der Waals surface area (Å²) in [5, 5.41) is 4.28. The number of aryl methyl sites for hydroxylation is 1. The maximum atomic E-state index is 5.70. The van der Waals surface area contributed by atoms with Gasteiger partial charge in [-0.05, 0) is 37.6 Å². The highest BCUT2D eigenvalue weighted by atomic mass is 15.3. The molecule has 0 aliphatic carbocycles. The lowest BCUT2D eigenvalue weighted by Crippen LogP contribution is -2.23. The minimum atomic E-state index is 0.658. The third-order valence-corrected chi connectivity index (χ3v) is 3.55. The van der Waals surface area contributed by atoms with Gasteiger partial charge >= 0.3 is 0 Å². The number of aromatic nitrogens is 3. The van der Waals surface area contributed by atoms with Crippen LogP contribution in [0.2, 0.25) is 0 Å². The average Bonchev–Trinajstić information content (AvgIpc) is 2.98. The van der Waals surface area contributed by atoms with Gasteiger partial charge in [0.25, 0.3) is 0 Å². The molecule has 0 spiro atoms. The monoisotopic (exact) mass is 281 g/mol. The highest BCUT2D eigenvalue weighted by Gasteiger charge is 2.15. The fraction of sp³-hybridized carbons (Fsp3) is 0.250. The Labute approximate surface area is 124 Å². The molecule has 0 bridgehead atoms. The molecule has 21 heavy (non-hydrogen) atoms. The number of rotatable bonds is 5. The number of hydrogen-bond acceptors (Lipinski definition) is 4. The second kappa shape index (κ2) is 5.93. The van der Waals surface area contributed by atoms with Crippen molar-refractivity contribution >= 4 is 17.0 Å². The van der Waals surface area contributed by atoms with Crippen molar-refractivity contribution in [3.63, 3.8) is 0 Å². The number of para-hydroxylation sites is 1. The number of fused-ring (bicyclic) bond motifs is 1. The number of anilines is 2. The molecular formula is C16H19N5. The van der Waals surface area contributed by atoms with Gasteiger partial charge in [-0.25, -0.2) is 9.50 Å². The van der Waals surface area contributed by atoms with Gasteiger partial charge in [-0.2, -0.15) is 5.10 Å². The van der Waals surface area contributed by atoms with E-state index in [9.17, 15) is 0 Å². The molecule has 0 aliphatic rings. The molecule has 0 unspecified atom stereocenters. The molecule has 0 saturated carbocycles. The largest absolute Gasteiger partial charge is 0.330 e. The fourth-order valence-electron chi connectivity index (χ4n) is 2.51. The Morgan fingerprint density at radius 1 is 1.19 bits per heavy atom. The lowest BCUT2D eigenvalue weighted by Gasteiger charge is -2.25. The SMILES string of the molecule is Cc1ccccc1N(CCCN)c1nccn2nccc12. The lowest BCUT2D eigenvalue weighted by molar-refractivity contribution is 0.805. The van der Waals surface area contributed by atoms with E-state index in [1.165, 1.54) is 5.56 Å². The Bertz CT molecular complexity index is 734. The molecule has 0 atom stereocenters. The Balaban J connectivity index is 2.11. The van der Waals surface area contributed by atoms with E-state index in [4.69, 9.17) is 5.73 Å². The average molecular weight is 281 g/mol. The maximum absolute atomic E-state index is 5.70. The predicted molar refractivity (Wildman–Crippen MR) is 84.8 cm³/mol. The second-order valence-electron chi connectivity index (χ2n) is 4.99. The molecule has 5 nitrogen and oxygen atoms in total. The molecule has 1 aromatic carbocycles. The van der Waals surface area contributed by atoms with Gasteiger partial charge in [-0.15, -0.1) is 0 Å². The zero-order chi connectivity index (χ0) is 14.7. The first-order valence-electron chi connectivity index (χ1n) is 7.13. The minimum Gasteiger partial charge on any atom is -0.330 e. The summed E-state index contributed by atoms with van der Waals surface area (Å²) in [6.45, 7) is 3.60. The summed E-state index contributed by atoms with van der Waals surface area (Å²) < 4.78 is 1.84. The molecule has 0 saturated heterocycles. The Morgan fingerprint density at radius 2 is 2.05 bits per heavy atom. The zero-order valence-corrected chi connectivity index (χ0v) is 12.1. The standard InChI is InChI=1S/C16H19N5/c1-13-5-2-3-6-14(13)20(11-4-8-17)16-15-7-9-19-21(15)12-10-18-16/h2-3,5-7,9-10,12H,4,8,11,17H2,1H3. The quantitative estimate of drug-likeness (QED) is 0.780. The van der Waals surface area contributed by atoms with Crippen molar-refractivity contribution < 1.29 is 0 Å². The summed E-state index contributed by atoms with van der Waals surface area (Å²) in [5.74, 6) is 0.915. The highest BCUT2D eigenvalue weighted by Crippen LogP contribution is 2.29. The van der Waals surface area contributed by atoms with Crippen LogP contribution < -0.4 is 10.6 Å². The van der Waals surface area contributed by atoms with Crippen LogP contribution in [0, 0.1) is 6.92 Å². The second-order valence-corrected chi connectivity index (χ2v) is 4.99. The third kappa shape index (κ3) is 2.60. The van der Waals surface area contributed by atoms with Gasteiger partial charge in [0.1, 0.15) is 5.52 Å². The number of hydrogen-bond donors (Lipinski definition) is 1. The van der Waals surface area contributed by atoms with E-state index in [1.807, 2.05) is 28.9 Å². The number of benzene rings is 1. The van der Waals surface area contributed by atoms with E-state index in [-0.39, 0.29) is 0 Å². The fourth-order valence-corrected chi connectivity index (χ4v) is 2.51. The number of nitrogens with zero attached hydrogens (tertiary/aromatic N) is 4. The van der Waals surface area contributed by atoms with E-state index in [1.54, 1.807) is 12.4 Å². The minimum absolute atomic E-state index is 0.658. The molecule has 2 N–H and O–H groups in total. The molecule has 5 heteroatoms. The van der Waals surface area contributed by atoms with Crippen LogP contribution in [0.1, 0.15) is 12.0 Å². The molecule has 2 heterocycles. The molecular weight excluding hydrogens is 262 g/mol. The van der Waals surface area contributed by atoms with Gasteiger partial charge < -0.3 is 10.6 Å². The summed E-state index contributed by atoms with van der Waals surface area (Å²) in [5.41, 5.74) is 9.08. The molecule has 3 aromatic rings. The summed E-state index contributed by atoms with van der Waals surface area (Å²) in [6.07, 6.45) is 6.34. The highest BCUT2D eigenvalue weighted by molar-refractivity contribution is 5.76. The van der Waals surface area contributed by atoms with Gasteiger partial charge in [0.05, 0.1) is 6.20 Å². The third-order valence-electron chi connectivity index (χ3n) is 3.55. The first kappa shape index (κ1) is 13.6. The molecule has 0 amide bonds. The normalized spacial score (nSPS) is 11.0. The first-order chi connectivity index (χ1) is 10.3. The summed E-state index contributed by atoms with van der Waals surface area (Å²) in [4.78, 5) is 6.80. The van der Waals surface area contributed by atoms with Crippen LogP contribution in [0.3, 0.4) is 0 Å². The van der Waals surface area contributed by atoms with Crippen molar-refractivity contribution in [2.24, 2.45) is 5.73 Å². The van der Waals surface area contributed by atoms with Crippen molar-refractivity contribution in [1.29, 1.82) is 0 Å². The van der Waals surface area contributed by atoms with E-state index >= 15 is 0 Å². The van der Waals surface area contributed by atoms with E-state index in [2.05, 4.69) is 34.0 Å². The molecule has 108 valence electrons. The van der Waals surface area contributed by atoms with Crippen molar-refractivity contribution in [2.75, 3.05) is 18.0 Å². The van der Waals surface area contributed by atoms with E-state index in [0.717, 1.165) is 30.0 Å². The summed E-state index contributed by atoms with van der Waals surface area (Å²) in [6, 6.07) is 10.3. The van der Waals surface area contributed by atoms with Gasteiger partial charge in [0, 0.05) is 24.6 Å². The molecule has 0 aliphatic heterocycles. The maximum Gasteiger partial charge on any atom is 0.159 e. The van der Waals surface area contributed by atoms with Crippen molar-refractivity contribution in [3.8, 4) is 0 Å². The first-order valence-corrected chi connectivity index (χ1v) is 7.13. The molecule has 0 radical (unpaired) electrons. The van der Waals surface area contributed by atoms with Crippen molar-refractivity contribution in [1.82, 2.24) is 14.6 Å². The smallest absolute Gasteiger partial charge is 0.159 e. The molecule has 3 rings (SSSR count). The van der Waals surface area contributed by atoms with Gasteiger partial charge in [0.15, 0.2) is 5.82 Å². The van der Waals surface area contributed by atoms with Gasteiger partial charge in [-0.3, -0.25) is 0 Å². The Hall–Kier alpha value is -2.40. The van der Waals surface area contributed by atoms with Crippen LogP contribution in [0.15, 0.2) is 48.9 Å². The van der Waals surface area contributed by atoms with E-state index in [0.29, 0.717) is 6.54 Å². The summed E-state index contributed by atoms with van der Waals surface area (Å²) >= 11 is 0. The van der Waals surface area contributed by atoms with Crippen LogP contribution in [0.25, 0.3) is 5.52 Å². The van der Waals surface area contributed by atoms with Crippen molar-refractivity contribution in [2.45, 2.75) is 13.3 Å². The van der Waals surface area contributed by atoms with Crippen LogP contribution >= 0.6 is 0 Å². The van der Waals surface area contributed by atoms with Gasteiger partial charge in [0.2, 0.25) is 0 Å². The number of nitrogens with two attached hydrogens (primary N) is 1. The predicted octanol–water partition coefficient (Wildman–Crippen LogP) is 2.52. The summed E-state index contributed by atoms with van der Waals surface area (Å²) in [7, 11) is 0. The van der Waals surface area contributed by atoms with E-state index < -0.39 is 0 Å². The van der Waals surface area contributed by atoms with Crippen LogP contribution in [-0.4, -0.2) is 27.7 Å². The van der Waals surface area contributed by atoms with Gasteiger partial charge in [-0.1, -0.05) is 18.2 Å². The van der Waals surface area contributed by atoms with Crippen LogP contribution in [0.4, 0.5) is 11.5 Å². The molecule has 0 fully saturated rings. The van der Waals surface area contributed by atoms with Crippen molar-refractivity contribution in [3.05, 3.63) is 54.5 Å². The molecule has 2 aromatic heterocycles. The Morgan fingerprint density at radius 3 is 2.86 bits per heavy atom. The topological polar surface area (TPSA) is 59.5 Å². The Kier molecular flexibility index (Phi) is 3.83. The van der Waals surface area contributed by atoms with Crippen LogP contribution in [-0.2, 0) is 0 Å². The lowest BCUT2D eigenvalue weighted by atomic mass is 10.1. The van der Waals surface area contributed by atoms with Crippen LogP contribution in [0.5, 0.6) is 0 Å². The zero-order valence-electron chi connectivity index (χ0n) is 12.1.